The van der Waals surface area contributed by atoms with Gasteiger partial charge in [-0.1, -0.05) is 37.7 Å². The van der Waals surface area contributed by atoms with Crippen molar-refractivity contribution >= 4 is 39.3 Å². The van der Waals surface area contributed by atoms with Crippen molar-refractivity contribution in [2.75, 3.05) is 24.2 Å². The summed E-state index contributed by atoms with van der Waals surface area (Å²) in [7, 11) is -3.64. The molecule has 220 valence electrons. The van der Waals surface area contributed by atoms with Crippen LogP contribution in [0.4, 0.5) is 10.1 Å². The van der Waals surface area contributed by atoms with Crippen LogP contribution in [0.25, 0.3) is 5.69 Å². The van der Waals surface area contributed by atoms with Crippen molar-refractivity contribution in [3.8, 4) is 5.69 Å². The fourth-order valence-electron chi connectivity index (χ4n) is 4.16. The van der Waals surface area contributed by atoms with Gasteiger partial charge in [0.05, 0.1) is 17.2 Å². The summed E-state index contributed by atoms with van der Waals surface area (Å²) >= 11 is 1.15. The van der Waals surface area contributed by atoms with Gasteiger partial charge in [0.1, 0.15) is 5.82 Å². The molecule has 3 aromatic carbocycles. The number of sulfonamides is 1. The first-order valence-corrected chi connectivity index (χ1v) is 15.6. The third-order valence-corrected chi connectivity index (χ3v) is 9.28. The van der Waals surface area contributed by atoms with Crippen LogP contribution in [0.5, 0.6) is 0 Å². The number of aromatic nitrogens is 3. The van der Waals surface area contributed by atoms with Crippen LogP contribution in [0.1, 0.15) is 35.6 Å². The third-order valence-electron chi connectivity index (χ3n) is 6.29. The highest BCUT2D eigenvalue weighted by molar-refractivity contribution is 7.99. The van der Waals surface area contributed by atoms with E-state index in [-0.39, 0.29) is 28.7 Å². The molecule has 0 saturated carbocycles. The monoisotopic (exact) mass is 610 g/mol. The zero-order valence-corrected chi connectivity index (χ0v) is 25.0. The summed E-state index contributed by atoms with van der Waals surface area (Å²) < 4.78 is 42.1. The van der Waals surface area contributed by atoms with Crippen LogP contribution in [0.2, 0.25) is 0 Å². The average Bonchev–Trinajstić information content (AvgIpc) is 3.38. The number of hydrogen-bond acceptors (Lipinski definition) is 7. The Morgan fingerprint density at radius 2 is 1.67 bits per heavy atom. The predicted octanol–water partition coefficient (Wildman–Crippen LogP) is 4.41. The van der Waals surface area contributed by atoms with Crippen LogP contribution in [0, 0.1) is 12.7 Å². The minimum atomic E-state index is -3.64. The van der Waals surface area contributed by atoms with E-state index >= 15 is 0 Å². The second-order valence-corrected chi connectivity index (χ2v) is 12.1. The fraction of sp³-hybridized carbons (Fsp3) is 0.241. The fourth-order valence-corrected chi connectivity index (χ4v) is 6.39. The van der Waals surface area contributed by atoms with Crippen molar-refractivity contribution in [1.82, 2.24) is 24.4 Å². The van der Waals surface area contributed by atoms with Crippen LogP contribution in [-0.4, -0.2) is 58.1 Å². The van der Waals surface area contributed by atoms with E-state index in [1.807, 2.05) is 25.1 Å². The number of anilines is 1. The highest BCUT2D eigenvalue weighted by Crippen LogP contribution is 2.23. The molecule has 42 heavy (non-hydrogen) atoms. The molecule has 0 spiro atoms. The number of carbonyl (C=O) groups is 2. The number of amides is 2. The lowest BCUT2D eigenvalue weighted by molar-refractivity contribution is -0.113. The molecule has 0 unspecified atom stereocenters. The lowest BCUT2D eigenvalue weighted by Crippen LogP contribution is -2.30. The third kappa shape index (κ3) is 7.41. The standard InChI is InChI=1S/C29H31FN6O4S2/c1-4-35(5-2)42(39,40)25-15-9-21(10-16-25)28(38)31-18-26-33-34-29(36(26)24-13-11-22(30)12-14-24)41-19-27(37)32-23-8-6-7-20(3)17-23/h6-17H,4-5,18-19H2,1-3H3,(H,31,38)(H,32,37). The molecule has 0 fully saturated rings. The highest BCUT2D eigenvalue weighted by atomic mass is 32.2. The Morgan fingerprint density at radius 3 is 2.31 bits per heavy atom. The van der Waals surface area contributed by atoms with Crippen LogP contribution in [0.15, 0.2) is 82.8 Å². The Kier molecular flexibility index (Phi) is 10.1. The second kappa shape index (κ2) is 13.7. The maximum atomic E-state index is 13.7. The Labute approximate surface area is 248 Å². The molecule has 2 N–H and O–H groups in total. The molecule has 0 saturated heterocycles. The number of benzene rings is 3. The SMILES string of the molecule is CCN(CC)S(=O)(=O)c1ccc(C(=O)NCc2nnc(SCC(=O)Nc3cccc(C)c3)n2-c2ccc(F)cc2)cc1. The molecule has 0 aliphatic heterocycles. The number of thioether (sulfide) groups is 1. The van der Waals surface area contributed by atoms with Gasteiger partial charge in [-0.3, -0.25) is 14.2 Å². The van der Waals surface area contributed by atoms with Gasteiger partial charge in [0.25, 0.3) is 5.91 Å². The maximum absolute atomic E-state index is 13.7. The van der Waals surface area contributed by atoms with Gasteiger partial charge in [0, 0.05) is 30.0 Å². The van der Waals surface area contributed by atoms with E-state index < -0.39 is 21.7 Å². The number of nitrogens with zero attached hydrogens (tertiary/aromatic N) is 4. The Balaban J connectivity index is 1.48. The van der Waals surface area contributed by atoms with Crippen molar-refractivity contribution in [2.45, 2.75) is 37.4 Å². The molecule has 0 atom stereocenters. The van der Waals surface area contributed by atoms with Gasteiger partial charge in [-0.05, 0) is 73.2 Å². The second-order valence-electron chi connectivity index (χ2n) is 9.21. The van der Waals surface area contributed by atoms with E-state index in [1.54, 1.807) is 36.6 Å². The molecular formula is C29H31FN6O4S2. The van der Waals surface area contributed by atoms with E-state index in [9.17, 15) is 22.4 Å². The Bertz CT molecular complexity index is 1650. The van der Waals surface area contributed by atoms with E-state index in [0.717, 1.165) is 17.3 Å². The van der Waals surface area contributed by atoms with Crippen LogP contribution < -0.4 is 10.6 Å². The summed E-state index contributed by atoms with van der Waals surface area (Å²) in [6.45, 7) is 6.11. The molecule has 1 heterocycles. The minimum absolute atomic E-state index is 0.0290. The number of rotatable bonds is 12. The normalized spacial score (nSPS) is 11.5. The molecule has 0 bridgehead atoms. The largest absolute Gasteiger partial charge is 0.345 e. The van der Waals surface area contributed by atoms with E-state index in [2.05, 4.69) is 20.8 Å². The molecule has 1 aromatic heterocycles. The number of aryl methyl sites for hydroxylation is 1. The lowest BCUT2D eigenvalue weighted by atomic mass is 10.2. The topological polar surface area (TPSA) is 126 Å². The first-order chi connectivity index (χ1) is 20.1. The summed E-state index contributed by atoms with van der Waals surface area (Å²) in [5.74, 6) is -0.692. The van der Waals surface area contributed by atoms with Gasteiger partial charge < -0.3 is 10.6 Å². The summed E-state index contributed by atoms with van der Waals surface area (Å²) in [4.78, 5) is 25.6. The van der Waals surface area contributed by atoms with E-state index in [0.29, 0.717) is 35.4 Å². The average molecular weight is 611 g/mol. The van der Waals surface area contributed by atoms with Gasteiger partial charge in [0.15, 0.2) is 11.0 Å². The van der Waals surface area contributed by atoms with Crippen LogP contribution in [-0.2, 0) is 21.4 Å². The summed E-state index contributed by atoms with van der Waals surface area (Å²) in [6.07, 6.45) is 0. The molecular weight excluding hydrogens is 579 g/mol. The summed E-state index contributed by atoms with van der Waals surface area (Å²) in [5, 5.41) is 14.4. The van der Waals surface area contributed by atoms with Crippen molar-refractivity contribution < 1.29 is 22.4 Å². The predicted molar refractivity (Wildman–Crippen MR) is 160 cm³/mol. The van der Waals surface area contributed by atoms with Crippen LogP contribution >= 0.6 is 11.8 Å². The summed E-state index contributed by atoms with van der Waals surface area (Å²) in [5.41, 5.74) is 2.52. The molecule has 10 nitrogen and oxygen atoms in total. The smallest absolute Gasteiger partial charge is 0.251 e. The molecule has 0 aliphatic rings. The molecule has 2 amide bonds. The first-order valence-electron chi connectivity index (χ1n) is 13.2. The van der Waals surface area contributed by atoms with Crippen molar-refractivity contribution in [3.63, 3.8) is 0 Å². The van der Waals surface area contributed by atoms with E-state index in [1.165, 1.54) is 40.7 Å². The quantitative estimate of drug-likeness (QED) is 0.228. The molecule has 0 radical (unpaired) electrons. The Morgan fingerprint density at radius 1 is 0.976 bits per heavy atom. The van der Waals surface area contributed by atoms with E-state index in [4.69, 9.17) is 0 Å². The zero-order chi connectivity index (χ0) is 30.3. The lowest BCUT2D eigenvalue weighted by Gasteiger charge is -2.18. The van der Waals surface area contributed by atoms with Gasteiger partial charge in [0.2, 0.25) is 15.9 Å². The molecule has 0 aliphatic carbocycles. The number of hydrogen-bond donors (Lipinski definition) is 2. The number of halogens is 1. The zero-order valence-electron chi connectivity index (χ0n) is 23.4. The van der Waals surface area contributed by atoms with Crippen molar-refractivity contribution in [1.29, 1.82) is 0 Å². The minimum Gasteiger partial charge on any atom is -0.345 e. The highest BCUT2D eigenvalue weighted by Gasteiger charge is 2.22. The van der Waals surface area contributed by atoms with Gasteiger partial charge in [-0.2, -0.15) is 4.31 Å². The van der Waals surface area contributed by atoms with Crippen LogP contribution in [0.3, 0.4) is 0 Å². The Hall–Kier alpha value is -4.07. The van der Waals surface area contributed by atoms with Crippen molar-refractivity contribution in [2.24, 2.45) is 0 Å². The maximum Gasteiger partial charge on any atom is 0.251 e. The molecule has 4 rings (SSSR count). The van der Waals surface area contributed by atoms with Gasteiger partial charge >= 0.3 is 0 Å². The molecule has 4 aromatic rings. The first kappa shape index (κ1) is 30.9. The van der Waals surface area contributed by atoms with Gasteiger partial charge in [-0.15, -0.1) is 10.2 Å². The number of nitrogens with one attached hydrogen (secondary N) is 2. The van der Waals surface area contributed by atoms with Crippen molar-refractivity contribution in [3.05, 3.63) is 95.6 Å². The van der Waals surface area contributed by atoms with Gasteiger partial charge in [-0.25, -0.2) is 12.8 Å². The number of carbonyl (C=O) groups excluding carboxylic acids is 2. The molecule has 13 heteroatoms. The summed E-state index contributed by atoms with van der Waals surface area (Å²) in [6, 6.07) is 18.8.